The van der Waals surface area contributed by atoms with Gasteiger partial charge in [-0.3, -0.25) is 14.9 Å². The number of rotatable bonds is 5. The van der Waals surface area contributed by atoms with Gasteiger partial charge in [0.15, 0.2) is 6.61 Å². The third-order valence-electron chi connectivity index (χ3n) is 2.41. The van der Waals surface area contributed by atoms with Crippen LogP contribution in [0.3, 0.4) is 0 Å². The number of nitrogens with zero attached hydrogens (tertiary/aromatic N) is 2. The molecule has 0 bridgehead atoms. The fourth-order valence-corrected chi connectivity index (χ4v) is 1.40. The lowest BCUT2D eigenvalue weighted by Crippen LogP contribution is -2.17. The zero-order valence-electron chi connectivity index (χ0n) is 11.0. The number of esters is 1. The van der Waals surface area contributed by atoms with E-state index in [1.165, 1.54) is 25.1 Å². The number of non-ortho nitro benzene ring substituents is 1. The molecule has 0 radical (unpaired) electrons. The normalized spacial score (nSPS) is 11.0. The van der Waals surface area contributed by atoms with Gasteiger partial charge >= 0.3 is 5.97 Å². The van der Waals surface area contributed by atoms with E-state index in [0.717, 1.165) is 6.07 Å². The highest BCUT2D eigenvalue weighted by Crippen LogP contribution is 2.14. The van der Waals surface area contributed by atoms with Crippen molar-refractivity contribution in [1.29, 1.82) is 5.26 Å². The number of hydrogen-bond acceptors (Lipinski definition) is 7. The Morgan fingerprint density at radius 3 is 2.67 bits per heavy atom. The summed E-state index contributed by atoms with van der Waals surface area (Å²) in [7, 11) is 0. The SMILES string of the molecule is CC(N)=C(C#N)C(=O)COC(=O)c1cccc([N+](=O)[O-])c1. The number of carbonyl (C=O) groups excluding carboxylic acids is 2. The third kappa shape index (κ3) is 4.14. The first-order valence-electron chi connectivity index (χ1n) is 5.68. The Balaban J connectivity index is 2.78. The summed E-state index contributed by atoms with van der Waals surface area (Å²) in [4.78, 5) is 33.2. The average Bonchev–Trinajstić information content (AvgIpc) is 2.45. The van der Waals surface area contributed by atoms with Crippen LogP contribution in [0.1, 0.15) is 17.3 Å². The highest BCUT2D eigenvalue weighted by atomic mass is 16.6. The van der Waals surface area contributed by atoms with Gasteiger partial charge in [-0.05, 0) is 13.0 Å². The molecule has 0 heterocycles. The molecule has 0 saturated carbocycles. The van der Waals surface area contributed by atoms with Crippen molar-refractivity contribution in [2.45, 2.75) is 6.92 Å². The Morgan fingerprint density at radius 1 is 1.48 bits per heavy atom. The Morgan fingerprint density at radius 2 is 2.14 bits per heavy atom. The van der Waals surface area contributed by atoms with Crippen molar-refractivity contribution in [3.05, 3.63) is 51.2 Å². The van der Waals surface area contributed by atoms with Crippen molar-refractivity contribution < 1.29 is 19.2 Å². The lowest BCUT2D eigenvalue weighted by molar-refractivity contribution is -0.384. The number of carbonyl (C=O) groups is 2. The second kappa shape index (κ2) is 6.81. The highest BCUT2D eigenvalue weighted by Gasteiger charge is 2.17. The van der Waals surface area contributed by atoms with Crippen molar-refractivity contribution in [2.75, 3.05) is 6.61 Å². The first-order valence-corrected chi connectivity index (χ1v) is 5.68. The predicted octanol–water partition coefficient (Wildman–Crippen LogP) is 1.08. The zero-order chi connectivity index (χ0) is 16.0. The van der Waals surface area contributed by atoms with E-state index in [1.54, 1.807) is 6.07 Å². The number of nitro groups is 1. The minimum atomic E-state index is -0.904. The number of benzene rings is 1. The number of nitro benzene ring substituents is 1. The summed E-state index contributed by atoms with van der Waals surface area (Å²) in [5, 5.41) is 19.3. The predicted molar refractivity (Wildman–Crippen MR) is 70.9 cm³/mol. The van der Waals surface area contributed by atoms with Gasteiger partial charge in [-0.2, -0.15) is 5.26 Å². The number of nitrogens with two attached hydrogens (primary N) is 1. The number of ketones is 1. The van der Waals surface area contributed by atoms with Crippen LogP contribution in [-0.2, 0) is 9.53 Å². The van der Waals surface area contributed by atoms with Gasteiger partial charge in [-0.1, -0.05) is 6.07 Å². The Labute approximate surface area is 119 Å². The van der Waals surface area contributed by atoms with Crippen molar-refractivity contribution in [3.63, 3.8) is 0 Å². The quantitative estimate of drug-likeness (QED) is 0.281. The van der Waals surface area contributed by atoms with E-state index in [9.17, 15) is 19.7 Å². The Hall–Kier alpha value is -3.21. The number of ether oxygens (including phenoxy) is 1. The first-order chi connectivity index (χ1) is 9.86. The lowest BCUT2D eigenvalue weighted by Gasteiger charge is -2.04. The zero-order valence-corrected chi connectivity index (χ0v) is 11.0. The van der Waals surface area contributed by atoms with E-state index in [4.69, 9.17) is 15.7 Å². The van der Waals surface area contributed by atoms with Crippen LogP contribution in [-0.4, -0.2) is 23.3 Å². The maximum absolute atomic E-state index is 11.7. The van der Waals surface area contributed by atoms with Gasteiger partial charge in [0.1, 0.15) is 11.6 Å². The first kappa shape index (κ1) is 15.8. The van der Waals surface area contributed by atoms with Gasteiger partial charge in [-0.25, -0.2) is 4.79 Å². The summed E-state index contributed by atoms with van der Waals surface area (Å²) < 4.78 is 4.71. The molecule has 1 aromatic rings. The number of hydrogen-bond donors (Lipinski definition) is 1. The monoisotopic (exact) mass is 289 g/mol. The molecule has 0 spiro atoms. The number of allylic oxidation sites excluding steroid dienone is 1. The minimum absolute atomic E-state index is 0.0221. The van der Waals surface area contributed by atoms with Gasteiger partial charge in [0.25, 0.3) is 5.69 Å². The largest absolute Gasteiger partial charge is 0.454 e. The smallest absolute Gasteiger partial charge is 0.338 e. The fourth-order valence-electron chi connectivity index (χ4n) is 1.40. The van der Waals surface area contributed by atoms with Crippen molar-refractivity contribution in [2.24, 2.45) is 5.73 Å². The summed E-state index contributed by atoms with van der Waals surface area (Å²) in [5.41, 5.74) is 4.73. The molecule has 2 N–H and O–H groups in total. The molecule has 21 heavy (non-hydrogen) atoms. The van der Waals surface area contributed by atoms with Gasteiger partial charge in [-0.15, -0.1) is 0 Å². The number of Topliss-reactive ketones (excluding diaryl/α,β-unsaturated/α-hetero) is 1. The van der Waals surface area contributed by atoms with Gasteiger partial charge in [0, 0.05) is 17.8 Å². The molecular formula is C13H11N3O5. The molecule has 0 fully saturated rings. The van der Waals surface area contributed by atoms with Crippen molar-refractivity contribution in [3.8, 4) is 6.07 Å². The summed E-state index contributed by atoms with van der Waals surface area (Å²) in [6.07, 6.45) is 0. The van der Waals surface area contributed by atoms with E-state index in [0.29, 0.717) is 0 Å². The van der Waals surface area contributed by atoms with Crippen molar-refractivity contribution >= 4 is 17.4 Å². The van der Waals surface area contributed by atoms with Crippen LogP contribution in [0, 0.1) is 21.4 Å². The minimum Gasteiger partial charge on any atom is -0.454 e. The maximum atomic E-state index is 11.7. The van der Waals surface area contributed by atoms with Crippen LogP contribution in [0.15, 0.2) is 35.5 Å². The van der Waals surface area contributed by atoms with Crippen molar-refractivity contribution in [1.82, 2.24) is 0 Å². The molecule has 0 aliphatic carbocycles. The molecule has 1 aromatic carbocycles. The lowest BCUT2D eigenvalue weighted by atomic mass is 10.1. The molecule has 0 unspecified atom stereocenters. The molecular weight excluding hydrogens is 278 g/mol. The Bertz CT molecular complexity index is 669. The van der Waals surface area contributed by atoms with Crippen LogP contribution in [0.5, 0.6) is 0 Å². The second-order valence-electron chi connectivity index (χ2n) is 3.98. The van der Waals surface area contributed by atoms with Crippen LogP contribution in [0.4, 0.5) is 5.69 Å². The van der Waals surface area contributed by atoms with E-state index < -0.39 is 23.3 Å². The van der Waals surface area contributed by atoms with Gasteiger partial charge in [0.05, 0.1) is 10.5 Å². The van der Waals surface area contributed by atoms with E-state index in [-0.39, 0.29) is 22.5 Å². The molecule has 108 valence electrons. The summed E-state index contributed by atoms with van der Waals surface area (Å²) in [5.74, 6) is -1.64. The van der Waals surface area contributed by atoms with E-state index in [1.807, 2.05) is 0 Å². The van der Waals surface area contributed by atoms with Gasteiger partial charge < -0.3 is 10.5 Å². The molecule has 0 amide bonds. The second-order valence-corrected chi connectivity index (χ2v) is 3.98. The fraction of sp³-hybridized carbons (Fsp3) is 0.154. The van der Waals surface area contributed by atoms with E-state index in [2.05, 4.69) is 0 Å². The molecule has 8 nitrogen and oxygen atoms in total. The molecule has 0 aliphatic rings. The van der Waals surface area contributed by atoms with Gasteiger partial charge in [0.2, 0.25) is 5.78 Å². The van der Waals surface area contributed by atoms with Crippen LogP contribution in [0.25, 0.3) is 0 Å². The topological polar surface area (TPSA) is 136 Å². The molecule has 0 aliphatic heterocycles. The Kier molecular flexibility index (Phi) is 5.14. The molecule has 0 atom stereocenters. The van der Waals surface area contributed by atoms with E-state index >= 15 is 0 Å². The summed E-state index contributed by atoms with van der Waals surface area (Å²) in [6.45, 7) is 0.706. The molecule has 1 rings (SSSR count). The molecule has 0 aromatic heterocycles. The average molecular weight is 289 g/mol. The van der Waals surface area contributed by atoms with Crippen LogP contribution in [0.2, 0.25) is 0 Å². The summed E-state index contributed by atoms with van der Waals surface area (Å²) >= 11 is 0. The third-order valence-corrected chi connectivity index (χ3v) is 2.41. The standard InChI is InChI=1S/C13H11N3O5/c1-8(15)11(6-14)12(17)7-21-13(18)9-3-2-4-10(5-9)16(19)20/h2-5H,7,15H2,1H3. The number of nitriles is 1. The molecule has 8 heteroatoms. The highest BCUT2D eigenvalue weighted by molar-refractivity contribution is 6.02. The van der Waals surface area contributed by atoms with Crippen LogP contribution < -0.4 is 5.73 Å². The van der Waals surface area contributed by atoms with Crippen LogP contribution >= 0.6 is 0 Å². The molecule has 0 saturated heterocycles. The summed E-state index contributed by atoms with van der Waals surface area (Å²) in [6, 6.07) is 6.50. The maximum Gasteiger partial charge on any atom is 0.338 e.